The van der Waals surface area contributed by atoms with Crippen LogP contribution in [0.25, 0.3) is 0 Å². The fraction of sp³-hybridized carbons (Fsp3) is 0.618. The van der Waals surface area contributed by atoms with E-state index in [4.69, 9.17) is 43.6 Å². The van der Waals surface area contributed by atoms with Gasteiger partial charge in [0.2, 0.25) is 47.3 Å². The number of hydrogen-bond acceptors (Lipinski definition) is 24. The Kier molecular flexibility index (Phi) is 48.8. The quantitative estimate of drug-likeness (QED) is 0.0143. The molecule has 1 unspecified atom stereocenters. The third kappa shape index (κ3) is 39.6. The van der Waals surface area contributed by atoms with Crippen LogP contribution in [0.4, 0.5) is 20.1 Å². The summed E-state index contributed by atoms with van der Waals surface area (Å²) in [6.07, 6.45) is 2.92. The predicted molar refractivity (Wildman–Crippen MR) is 469 cm³/mol. The lowest BCUT2D eigenvalue weighted by atomic mass is 9.90. The van der Waals surface area contributed by atoms with E-state index in [1.807, 2.05) is 20.8 Å². The van der Waals surface area contributed by atoms with E-state index in [1.165, 1.54) is 86.8 Å². The Labute approximate surface area is 745 Å². The Bertz CT molecular complexity index is 4030. The zero-order chi connectivity index (χ0) is 94.4. The number of carbonyl (C=O) groups is 16. The van der Waals surface area contributed by atoms with Gasteiger partial charge in [-0.25, -0.2) is 24.0 Å². The zero-order valence-corrected chi connectivity index (χ0v) is 76.5. The number of carbonyl (C=O) groups excluding carboxylic acids is 16. The van der Waals surface area contributed by atoms with Gasteiger partial charge in [0.1, 0.15) is 55.1 Å². The van der Waals surface area contributed by atoms with Gasteiger partial charge in [-0.2, -0.15) is 0 Å². The molecule has 38 heteroatoms. The molecule has 2 aromatic carbocycles. The minimum absolute atomic E-state index is 0.00841. The van der Waals surface area contributed by atoms with Gasteiger partial charge < -0.3 is 106 Å². The molecule has 0 radical (unpaired) electrons. The second-order valence-corrected chi connectivity index (χ2v) is 32.4. The van der Waals surface area contributed by atoms with Crippen molar-refractivity contribution in [3.05, 3.63) is 101 Å². The zero-order valence-electron chi connectivity index (χ0n) is 76.5. The molecule has 38 nitrogen and oxygen atoms in total. The van der Waals surface area contributed by atoms with Crippen molar-refractivity contribution in [3.63, 3.8) is 0 Å². The number of nitrogens with two attached hydrogens (primary N) is 1. The number of primary amides is 1. The number of cyclic esters (lactones) is 2. The summed E-state index contributed by atoms with van der Waals surface area (Å²) in [6.45, 7) is 21.6. The van der Waals surface area contributed by atoms with Crippen LogP contribution in [0.2, 0.25) is 0 Å². The minimum Gasteiger partial charge on any atom is -0.456 e. The first kappa shape index (κ1) is 108. The number of nitrogens with zero attached hydrogens (tertiary/aromatic N) is 5. The molecule has 0 aliphatic carbocycles. The molecule has 0 saturated heterocycles. The van der Waals surface area contributed by atoms with Crippen LogP contribution < -0.4 is 48.3 Å². The van der Waals surface area contributed by atoms with Crippen molar-refractivity contribution in [1.29, 1.82) is 0 Å². The number of imide groups is 1. The average molecular weight is 1790 g/mol. The average Bonchev–Trinajstić information content (AvgIpc) is 1.53. The Balaban J connectivity index is 1.36. The van der Waals surface area contributed by atoms with Crippen LogP contribution in [-0.2, 0) is 113 Å². The van der Waals surface area contributed by atoms with Gasteiger partial charge >= 0.3 is 30.2 Å². The van der Waals surface area contributed by atoms with Crippen LogP contribution in [0.15, 0.2) is 90.0 Å². The van der Waals surface area contributed by atoms with Gasteiger partial charge in [0, 0.05) is 116 Å². The second kappa shape index (κ2) is 57.4. The van der Waals surface area contributed by atoms with Crippen LogP contribution >= 0.6 is 0 Å². The van der Waals surface area contributed by atoms with Crippen LogP contribution in [0.3, 0.4) is 0 Å². The number of likely N-dealkylation sites (N-methyl/N-ethyl adjacent to an activating group) is 4. The fourth-order valence-electron chi connectivity index (χ4n) is 13.1. The number of anilines is 1. The van der Waals surface area contributed by atoms with Crippen LogP contribution in [0.1, 0.15) is 158 Å². The van der Waals surface area contributed by atoms with Crippen molar-refractivity contribution >= 4 is 101 Å². The Morgan fingerprint density at radius 1 is 0.661 bits per heavy atom. The first-order valence-corrected chi connectivity index (χ1v) is 43.4. The van der Waals surface area contributed by atoms with Crippen LogP contribution in [-0.4, -0.2) is 295 Å². The van der Waals surface area contributed by atoms with E-state index in [1.54, 1.807) is 102 Å². The number of esters is 2. The van der Waals surface area contributed by atoms with Gasteiger partial charge in [0.05, 0.1) is 59.4 Å². The number of hydrogen-bond donors (Lipinski definition) is 9. The molecule has 10 N–H and O–H groups in total. The monoisotopic (exact) mass is 1780 g/mol. The number of benzene rings is 2. The highest BCUT2D eigenvalue weighted by molar-refractivity contribution is 6.13. The number of amides is 15. The van der Waals surface area contributed by atoms with E-state index in [2.05, 4.69) is 42.5 Å². The van der Waals surface area contributed by atoms with Gasteiger partial charge in [0.15, 0.2) is 6.10 Å². The molecule has 2 aromatic rings. The third-order valence-electron chi connectivity index (χ3n) is 21.2. The standard InChI is InChI=1S/C89H136N14O24/c1-17-58(7)77-82(112)94-63(12)86(116)127-78(59(8)18-2)61(10)69(35-30-60(9)85(115)125-70(52-56(3)4)80(110)93-62(11)83(113)102(16)68(53-64-26-21-19-22-27-64)84(114)101(15)54-73(106)98-77)126-89(119)100(14)43-42-99(13)88(118)124-55-65-31-33-66(34-32-65)95-79(109)67(28-25-39-92-87(90)117)96-81(111)76(57(5)6)97-72(105)38-44-120-46-48-122-50-51-123-49-47-121-45-40-91-71(104)29-23-20-24-41-103-74(107)36-37-75(103)108/h18-19,21-22,26-27,30-34,36-37,56-58,61-63,67-70,76-78H,17,20,23-25,28-29,35,38-55H2,1-16H3,(H,91,104)(H,93,110)(H,94,112)(H,95,109)(H,96,111)(H,97,105)(H,98,106)(H3,90,92,117)/b59-18+,60-30+/t58?,61-,62-,63+,67+,68+,69-,70+,76+,77-,78+/m0/s1. The molecular weight excluding hydrogens is 1650 g/mol. The molecule has 706 valence electrons. The molecule has 4 rings (SSSR count). The fourth-order valence-corrected chi connectivity index (χ4v) is 13.1. The summed E-state index contributed by atoms with van der Waals surface area (Å²) >= 11 is 0. The van der Waals surface area contributed by atoms with Gasteiger partial charge in [-0.05, 0) is 113 Å². The largest absolute Gasteiger partial charge is 0.456 e. The Morgan fingerprint density at radius 2 is 1.27 bits per heavy atom. The van der Waals surface area contributed by atoms with E-state index in [0.29, 0.717) is 94.0 Å². The van der Waals surface area contributed by atoms with Crippen molar-refractivity contribution in [3.8, 4) is 0 Å². The predicted octanol–water partition coefficient (Wildman–Crippen LogP) is 4.65. The smallest absolute Gasteiger partial charge is 0.409 e. The normalized spacial score (nSPS) is 20.4. The molecule has 0 bridgehead atoms. The Morgan fingerprint density at radius 3 is 1.87 bits per heavy atom. The minimum atomic E-state index is -1.42. The van der Waals surface area contributed by atoms with Gasteiger partial charge in [-0.3, -0.25) is 57.6 Å². The van der Waals surface area contributed by atoms with Crippen molar-refractivity contribution in [2.24, 2.45) is 29.4 Å². The SMILES string of the molecule is C/C=C(\C)[C@H]1OC(=O)[C@@H](C)NC(=O)[C@H](C(C)CC)NC(=O)CN(C)C(=O)[C@@H](Cc2ccccc2)N(C)C(=O)[C@H](C)NC(=O)[C@@H](CC(C)C)OC(=O)/C(C)=C/C[C@H](OC(=O)N(C)CCN(C)C(=O)OCc2ccc(NC(=O)[C@@H](CCCNC(N)=O)NC(=O)[C@H](NC(=O)CCOCCOCCOCCOCCNC(=O)CCCCCN3C(=O)C=CC3=O)C(C)C)cc2)[C@@H]1C. The summed E-state index contributed by atoms with van der Waals surface area (Å²) in [7, 11) is 5.65. The van der Waals surface area contributed by atoms with Gasteiger partial charge in [0.25, 0.3) is 17.7 Å². The first-order valence-electron chi connectivity index (χ1n) is 43.4. The van der Waals surface area contributed by atoms with E-state index in [9.17, 15) is 76.7 Å². The van der Waals surface area contributed by atoms with Crippen molar-refractivity contribution < 1.29 is 115 Å². The molecule has 2 aliphatic heterocycles. The number of unbranched alkanes of at least 4 members (excludes halogenated alkanes) is 2. The summed E-state index contributed by atoms with van der Waals surface area (Å²) in [5.41, 5.74) is 7.27. The Hall–Kier alpha value is -11.4. The van der Waals surface area contributed by atoms with Crippen LogP contribution in [0, 0.1) is 23.7 Å². The number of ether oxygens (including phenoxy) is 8. The van der Waals surface area contributed by atoms with E-state index < -0.39 is 156 Å². The van der Waals surface area contributed by atoms with E-state index in [0.717, 1.165) is 4.90 Å². The first-order chi connectivity index (χ1) is 60.3. The molecule has 0 spiro atoms. The highest BCUT2D eigenvalue weighted by Crippen LogP contribution is 2.27. The summed E-state index contributed by atoms with van der Waals surface area (Å²) < 4.78 is 46.0. The number of allylic oxidation sites excluding steroid dienone is 1. The lowest BCUT2D eigenvalue weighted by Crippen LogP contribution is -2.57. The van der Waals surface area contributed by atoms with Crippen molar-refractivity contribution in [2.45, 2.75) is 215 Å². The van der Waals surface area contributed by atoms with Gasteiger partial charge in [-0.1, -0.05) is 116 Å². The molecule has 127 heavy (non-hydrogen) atoms. The number of rotatable bonds is 44. The summed E-state index contributed by atoms with van der Waals surface area (Å²) in [6, 6.07) is 7.19. The van der Waals surface area contributed by atoms with Crippen molar-refractivity contribution in [1.82, 2.24) is 61.7 Å². The maximum absolute atomic E-state index is 14.4. The van der Waals surface area contributed by atoms with Crippen molar-refractivity contribution in [2.75, 3.05) is 126 Å². The highest BCUT2D eigenvalue weighted by atomic mass is 16.6. The molecule has 11 atom stereocenters. The number of nitrogens with one attached hydrogen (secondary N) is 8. The molecule has 15 amide bonds. The summed E-state index contributed by atoms with van der Waals surface area (Å²) in [5.74, 6) is -9.88. The second-order valence-electron chi connectivity index (χ2n) is 32.4. The van der Waals surface area contributed by atoms with E-state index in [-0.39, 0.29) is 120 Å². The lowest BCUT2D eigenvalue weighted by Gasteiger charge is -2.33. The highest BCUT2D eigenvalue weighted by Gasteiger charge is 2.39. The lowest BCUT2D eigenvalue weighted by molar-refractivity contribution is -0.155. The summed E-state index contributed by atoms with van der Waals surface area (Å²) in [4.78, 5) is 221. The maximum Gasteiger partial charge on any atom is 0.409 e. The van der Waals surface area contributed by atoms with Gasteiger partial charge in [-0.15, -0.1) is 0 Å². The topological polar surface area (TPSA) is 485 Å². The maximum atomic E-state index is 14.4. The number of urea groups is 1. The molecule has 0 aromatic heterocycles. The molecular formula is C89H136N14O24. The molecule has 2 aliphatic rings. The molecule has 2 heterocycles. The molecule has 0 saturated carbocycles. The molecule has 0 fully saturated rings. The van der Waals surface area contributed by atoms with E-state index >= 15 is 0 Å². The third-order valence-corrected chi connectivity index (χ3v) is 21.2. The summed E-state index contributed by atoms with van der Waals surface area (Å²) in [5, 5.41) is 21.6. The van der Waals surface area contributed by atoms with Crippen LogP contribution in [0.5, 0.6) is 0 Å².